The van der Waals surface area contributed by atoms with Crippen LogP contribution in [0, 0.1) is 30.9 Å². The smallest absolute Gasteiger partial charge is 0.271 e. The van der Waals surface area contributed by atoms with Gasteiger partial charge in [-0.2, -0.15) is 10.2 Å². The number of azo groups is 1. The van der Waals surface area contributed by atoms with Gasteiger partial charge in [-0.25, -0.2) is 4.99 Å². The van der Waals surface area contributed by atoms with E-state index in [1.54, 1.807) is 13.0 Å². The van der Waals surface area contributed by atoms with Gasteiger partial charge in [0, 0.05) is 17.7 Å². The van der Waals surface area contributed by atoms with Crippen LogP contribution in [0.1, 0.15) is 28.3 Å². The maximum absolute atomic E-state index is 10.9. The van der Waals surface area contributed by atoms with E-state index in [1.165, 1.54) is 12.1 Å². The zero-order valence-corrected chi connectivity index (χ0v) is 13.5. The molecular weight excluding hydrogens is 308 g/mol. The molecule has 7 heteroatoms. The second-order valence-corrected chi connectivity index (χ2v) is 5.84. The summed E-state index contributed by atoms with van der Waals surface area (Å²) in [7, 11) is 0. The molecule has 1 aliphatic heterocycles. The van der Waals surface area contributed by atoms with Crippen LogP contribution < -0.4 is 0 Å². The highest BCUT2D eigenvalue weighted by atomic mass is 16.6. The molecular formula is C17H16N4O3. The van der Waals surface area contributed by atoms with E-state index in [0.29, 0.717) is 11.4 Å². The quantitative estimate of drug-likeness (QED) is 0.491. The SMILES string of the molecule is Cc1cc(C)c2c(c1)C(/N=N/c1cc([N+](=O)[O-])ccc1C)C(O)=N2. The first-order chi connectivity index (χ1) is 11.4. The molecule has 2 aromatic rings. The number of aryl methyl sites for hydroxylation is 3. The summed E-state index contributed by atoms with van der Waals surface area (Å²) in [6.07, 6.45) is 0. The summed E-state index contributed by atoms with van der Waals surface area (Å²) >= 11 is 0. The number of aliphatic hydroxyl groups is 1. The molecule has 1 unspecified atom stereocenters. The summed E-state index contributed by atoms with van der Waals surface area (Å²) in [5.41, 5.74) is 4.61. The van der Waals surface area contributed by atoms with Gasteiger partial charge in [0.15, 0.2) is 6.04 Å². The Morgan fingerprint density at radius 1 is 1.17 bits per heavy atom. The van der Waals surface area contributed by atoms with Crippen LogP contribution in [0.15, 0.2) is 45.6 Å². The van der Waals surface area contributed by atoms with E-state index in [2.05, 4.69) is 15.2 Å². The molecule has 122 valence electrons. The lowest BCUT2D eigenvalue weighted by molar-refractivity contribution is -0.384. The first-order valence-corrected chi connectivity index (χ1v) is 7.41. The van der Waals surface area contributed by atoms with Crippen LogP contribution in [-0.4, -0.2) is 15.9 Å². The number of aliphatic hydroxyl groups excluding tert-OH is 1. The van der Waals surface area contributed by atoms with Crippen molar-refractivity contribution in [3.05, 3.63) is 62.7 Å². The van der Waals surface area contributed by atoms with Gasteiger partial charge in [-0.3, -0.25) is 10.1 Å². The van der Waals surface area contributed by atoms with E-state index in [1.807, 2.05) is 26.0 Å². The van der Waals surface area contributed by atoms with Crippen molar-refractivity contribution in [3.8, 4) is 0 Å². The van der Waals surface area contributed by atoms with Crippen LogP contribution in [0.5, 0.6) is 0 Å². The van der Waals surface area contributed by atoms with E-state index in [9.17, 15) is 15.2 Å². The first kappa shape index (κ1) is 15.8. The maximum atomic E-state index is 10.9. The minimum Gasteiger partial charge on any atom is -0.495 e. The van der Waals surface area contributed by atoms with Crippen molar-refractivity contribution in [1.29, 1.82) is 0 Å². The maximum Gasteiger partial charge on any atom is 0.271 e. The van der Waals surface area contributed by atoms with Crippen LogP contribution in [0.3, 0.4) is 0 Å². The Hall–Kier alpha value is -3.09. The van der Waals surface area contributed by atoms with Gasteiger partial charge in [-0.05, 0) is 31.9 Å². The highest BCUT2D eigenvalue weighted by Gasteiger charge is 2.28. The van der Waals surface area contributed by atoms with Crippen LogP contribution in [0.25, 0.3) is 0 Å². The molecule has 24 heavy (non-hydrogen) atoms. The number of aliphatic imine (C=N–C) groups is 1. The molecule has 0 spiro atoms. The van der Waals surface area contributed by atoms with Crippen molar-refractivity contribution >= 4 is 23.0 Å². The Kier molecular flexibility index (Phi) is 3.84. The van der Waals surface area contributed by atoms with Gasteiger partial charge < -0.3 is 5.11 Å². The number of nitrogens with zero attached hydrogens (tertiary/aromatic N) is 4. The number of nitro groups is 1. The number of nitro benzene ring substituents is 1. The van der Waals surface area contributed by atoms with Gasteiger partial charge in [0.2, 0.25) is 5.90 Å². The van der Waals surface area contributed by atoms with Crippen molar-refractivity contribution in [2.75, 3.05) is 0 Å². The Labute approximate surface area is 138 Å². The number of benzene rings is 2. The number of hydrogen-bond acceptors (Lipinski definition) is 5. The summed E-state index contributed by atoms with van der Waals surface area (Å²) in [5.74, 6) is -0.120. The Balaban J connectivity index is 1.99. The molecule has 0 aliphatic carbocycles. The Bertz CT molecular complexity index is 903. The van der Waals surface area contributed by atoms with Gasteiger partial charge in [0.25, 0.3) is 5.69 Å². The molecule has 0 aromatic heterocycles. The highest BCUT2D eigenvalue weighted by molar-refractivity contribution is 5.91. The lowest BCUT2D eigenvalue weighted by Gasteiger charge is -2.07. The highest BCUT2D eigenvalue weighted by Crippen LogP contribution is 2.39. The van der Waals surface area contributed by atoms with Gasteiger partial charge in [0.1, 0.15) is 0 Å². The topological polar surface area (TPSA) is 100 Å². The third-order valence-corrected chi connectivity index (χ3v) is 3.92. The standard InChI is InChI=1S/C17H16N4O3/c1-9-6-11(3)15-13(7-9)16(17(22)18-15)20-19-14-8-12(21(23)24)5-4-10(14)2/h4-8,16H,1-3H3,(H,18,22)/b20-19+. The monoisotopic (exact) mass is 324 g/mol. The normalized spacial score (nSPS) is 16.3. The molecule has 1 heterocycles. The Morgan fingerprint density at radius 3 is 2.62 bits per heavy atom. The summed E-state index contributed by atoms with van der Waals surface area (Å²) in [4.78, 5) is 14.6. The third kappa shape index (κ3) is 2.76. The molecule has 0 saturated carbocycles. The van der Waals surface area contributed by atoms with Crippen molar-refractivity contribution in [3.63, 3.8) is 0 Å². The first-order valence-electron chi connectivity index (χ1n) is 7.41. The van der Waals surface area contributed by atoms with E-state index in [0.717, 1.165) is 22.3 Å². The molecule has 0 fully saturated rings. The lowest BCUT2D eigenvalue weighted by Crippen LogP contribution is -2.03. The largest absolute Gasteiger partial charge is 0.495 e. The number of rotatable bonds is 3. The predicted octanol–water partition coefficient (Wildman–Crippen LogP) is 4.95. The average Bonchev–Trinajstić information content (AvgIpc) is 2.82. The molecule has 1 atom stereocenters. The fraction of sp³-hybridized carbons (Fsp3) is 0.235. The molecule has 7 nitrogen and oxygen atoms in total. The van der Waals surface area contributed by atoms with Crippen LogP contribution in [0.2, 0.25) is 0 Å². The van der Waals surface area contributed by atoms with Crippen molar-refractivity contribution in [1.82, 2.24) is 0 Å². The van der Waals surface area contributed by atoms with Crippen molar-refractivity contribution < 1.29 is 10.0 Å². The third-order valence-electron chi connectivity index (χ3n) is 3.92. The fourth-order valence-electron chi connectivity index (χ4n) is 2.72. The summed E-state index contributed by atoms with van der Waals surface area (Å²) in [6, 6.07) is 7.63. The number of hydrogen-bond donors (Lipinski definition) is 1. The summed E-state index contributed by atoms with van der Waals surface area (Å²) in [6.45, 7) is 5.68. The number of fused-ring (bicyclic) bond motifs is 1. The van der Waals surface area contributed by atoms with Gasteiger partial charge >= 0.3 is 0 Å². The molecule has 0 bridgehead atoms. The molecule has 3 rings (SSSR count). The molecule has 0 radical (unpaired) electrons. The van der Waals surface area contributed by atoms with Crippen molar-refractivity contribution in [2.24, 2.45) is 15.2 Å². The van der Waals surface area contributed by atoms with Crippen LogP contribution in [0.4, 0.5) is 17.1 Å². The van der Waals surface area contributed by atoms with Gasteiger partial charge in [-0.1, -0.05) is 23.8 Å². The summed E-state index contributed by atoms with van der Waals surface area (Å²) in [5, 5.41) is 29.3. The zero-order valence-electron chi connectivity index (χ0n) is 13.5. The minimum atomic E-state index is -0.683. The van der Waals surface area contributed by atoms with Crippen LogP contribution in [-0.2, 0) is 0 Å². The lowest BCUT2D eigenvalue weighted by atomic mass is 10.0. The number of non-ortho nitro benzene ring substituents is 1. The second kappa shape index (κ2) is 5.84. The van der Waals surface area contributed by atoms with E-state index in [-0.39, 0.29) is 11.6 Å². The van der Waals surface area contributed by atoms with E-state index in [4.69, 9.17) is 0 Å². The van der Waals surface area contributed by atoms with Crippen molar-refractivity contribution in [2.45, 2.75) is 26.8 Å². The van der Waals surface area contributed by atoms with Gasteiger partial charge in [-0.15, -0.1) is 0 Å². The molecule has 2 aromatic carbocycles. The molecule has 0 saturated heterocycles. The fourth-order valence-corrected chi connectivity index (χ4v) is 2.72. The van der Waals surface area contributed by atoms with Gasteiger partial charge in [0.05, 0.1) is 16.3 Å². The molecule has 1 aliphatic rings. The minimum absolute atomic E-state index is 0.0500. The zero-order chi connectivity index (χ0) is 17.4. The van der Waals surface area contributed by atoms with E-state index < -0.39 is 11.0 Å². The molecule has 0 amide bonds. The molecule has 1 N–H and O–H groups in total. The predicted molar refractivity (Wildman–Crippen MR) is 90.7 cm³/mol. The second-order valence-electron chi connectivity index (χ2n) is 5.84. The van der Waals surface area contributed by atoms with Crippen LogP contribution >= 0.6 is 0 Å². The van der Waals surface area contributed by atoms with E-state index >= 15 is 0 Å². The average molecular weight is 324 g/mol. The Morgan fingerprint density at radius 2 is 1.92 bits per heavy atom. The summed E-state index contributed by atoms with van der Waals surface area (Å²) < 4.78 is 0.